The number of hydrogen-bond acceptors (Lipinski definition) is 14. The van der Waals surface area contributed by atoms with Crippen molar-refractivity contribution in [3.8, 4) is 0 Å². The lowest BCUT2D eigenvalue weighted by molar-refractivity contribution is -0.143. The second kappa shape index (κ2) is 27.7. The Bertz CT molecular complexity index is 1580. The summed E-state index contributed by atoms with van der Waals surface area (Å²) < 4.78 is 0. The van der Waals surface area contributed by atoms with Crippen molar-refractivity contribution in [3.05, 3.63) is 0 Å². The summed E-state index contributed by atoms with van der Waals surface area (Å²) in [5.74, 6) is -11.9. The molecular weight excluding hydrogens is 812 g/mol. The summed E-state index contributed by atoms with van der Waals surface area (Å²) in [7, 11) is 0. The molecule has 0 aliphatic heterocycles. The van der Waals surface area contributed by atoms with Crippen molar-refractivity contribution in [2.75, 3.05) is 13.1 Å². The van der Waals surface area contributed by atoms with Crippen LogP contribution in [0.3, 0.4) is 0 Å². The standard InChI is InChI=1S/C36H62N10O15/c1-16(2)13-24(36(60)61)45-33(57)22(10-11-26(49)50)43-30(54)18(4)39-29(53)17(3)40-32(56)21(9-7-8-12-37)44-35(59)28(20(6)47)46-31(55)19(5)41-34(58)23(14-27(51)52)42-25(48)15-38/h16-24,28,47H,7-15,37-38H2,1-6H3,(H,39,53)(H,40,56)(H,41,58)(H,42,48)(H,43,54)(H,44,59)(H,45,57)(H,46,55)(H,49,50)(H,51,52)(H,60,61)/t17-,18-,19-,20+,21-,22-,23-,24-,28-/m0/s1. The van der Waals surface area contributed by atoms with Crippen LogP contribution in [0.15, 0.2) is 0 Å². The van der Waals surface area contributed by atoms with Crippen LogP contribution in [0, 0.1) is 5.92 Å². The van der Waals surface area contributed by atoms with Gasteiger partial charge in [-0.05, 0) is 72.3 Å². The number of aliphatic hydroxyl groups excluding tert-OH is 1. The predicted octanol–water partition coefficient (Wildman–Crippen LogP) is -5.14. The second-order valence-corrected chi connectivity index (χ2v) is 14.7. The summed E-state index contributed by atoms with van der Waals surface area (Å²) in [6, 6.07) is -11.7. The second-order valence-electron chi connectivity index (χ2n) is 14.7. The molecule has 0 bridgehead atoms. The van der Waals surface area contributed by atoms with E-state index < -0.39 is 145 Å². The normalized spacial score (nSPS) is 15.4. The van der Waals surface area contributed by atoms with Gasteiger partial charge in [0.25, 0.3) is 0 Å². The molecule has 0 heterocycles. The molecule has 0 rings (SSSR count). The van der Waals surface area contributed by atoms with Gasteiger partial charge in [0.1, 0.15) is 48.3 Å². The van der Waals surface area contributed by atoms with Crippen LogP contribution in [0.5, 0.6) is 0 Å². The van der Waals surface area contributed by atoms with Gasteiger partial charge in [0, 0.05) is 6.42 Å². The van der Waals surface area contributed by atoms with Crippen LogP contribution in [-0.2, 0) is 52.7 Å². The Morgan fingerprint density at radius 3 is 1.39 bits per heavy atom. The van der Waals surface area contributed by atoms with Gasteiger partial charge < -0.3 is 74.4 Å². The molecule has 0 saturated carbocycles. The van der Waals surface area contributed by atoms with Crippen molar-refractivity contribution in [3.63, 3.8) is 0 Å². The molecule has 0 spiro atoms. The van der Waals surface area contributed by atoms with Crippen molar-refractivity contribution in [2.45, 2.75) is 141 Å². The Kier molecular flexibility index (Phi) is 25.0. The highest BCUT2D eigenvalue weighted by Gasteiger charge is 2.34. The van der Waals surface area contributed by atoms with E-state index in [2.05, 4.69) is 42.5 Å². The van der Waals surface area contributed by atoms with Gasteiger partial charge in [-0.2, -0.15) is 0 Å². The minimum absolute atomic E-state index is 0.0337. The number of hydrogen-bond donors (Lipinski definition) is 14. The summed E-state index contributed by atoms with van der Waals surface area (Å²) in [6.07, 6.45) is -2.69. The molecule has 0 fully saturated rings. The van der Waals surface area contributed by atoms with E-state index in [1.807, 2.05) is 0 Å². The first kappa shape index (κ1) is 55.0. The van der Waals surface area contributed by atoms with Crippen molar-refractivity contribution >= 4 is 65.2 Å². The van der Waals surface area contributed by atoms with Crippen LogP contribution in [-0.4, -0.2) is 153 Å². The van der Waals surface area contributed by atoms with E-state index in [1.165, 1.54) is 20.8 Å². The zero-order valence-electron chi connectivity index (χ0n) is 35.1. The quantitative estimate of drug-likeness (QED) is 0.0313. The number of carbonyl (C=O) groups excluding carboxylic acids is 8. The smallest absolute Gasteiger partial charge is 0.326 e. The summed E-state index contributed by atoms with van der Waals surface area (Å²) in [6.45, 7) is 7.91. The lowest BCUT2D eigenvalue weighted by Crippen LogP contribution is -2.61. The number of amides is 8. The first-order valence-electron chi connectivity index (χ1n) is 19.5. The monoisotopic (exact) mass is 874 g/mol. The number of rotatable bonds is 29. The zero-order valence-corrected chi connectivity index (χ0v) is 35.1. The van der Waals surface area contributed by atoms with Crippen LogP contribution < -0.4 is 54.0 Å². The van der Waals surface area contributed by atoms with E-state index in [9.17, 15) is 63.0 Å². The Balaban J connectivity index is 5.83. The number of nitrogens with two attached hydrogens (primary N) is 2. The fourth-order valence-corrected chi connectivity index (χ4v) is 5.31. The van der Waals surface area contributed by atoms with Gasteiger partial charge in [0.05, 0.1) is 19.1 Å². The molecule has 16 N–H and O–H groups in total. The molecule has 0 aliphatic carbocycles. The molecule has 0 aliphatic rings. The average Bonchev–Trinajstić information content (AvgIpc) is 3.16. The van der Waals surface area contributed by atoms with Crippen LogP contribution in [0.25, 0.3) is 0 Å². The van der Waals surface area contributed by atoms with Crippen molar-refractivity contribution in [1.82, 2.24) is 42.5 Å². The average molecular weight is 875 g/mol. The van der Waals surface area contributed by atoms with Crippen LogP contribution in [0.4, 0.5) is 0 Å². The summed E-state index contributed by atoms with van der Waals surface area (Å²) >= 11 is 0. The zero-order chi connectivity index (χ0) is 47.1. The highest BCUT2D eigenvalue weighted by atomic mass is 16.4. The maximum Gasteiger partial charge on any atom is 0.326 e. The fraction of sp³-hybridized carbons (Fsp3) is 0.694. The summed E-state index contributed by atoms with van der Waals surface area (Å²) in [5.41, 5.74) is 10.8. The van der Waals surface area contributed by atoms with Gasteiger partial charge >= 0.3 is 17.9 Å². The highest BCUT2D eigenvalue weighted by Crippen LogP contribution is 2.08. The number of carbonyl (C=O) groups is 11. The van der Waals surface area contributed by atoms with Crippen LogP contribution in [0.1, 0.15) is 86.5 Å². The van der Waals surface area contributed by atoms with Crippen molar-refractivity contribution in [2.24, 2.45) is 17.4 Å². The third kappa shape index (κ3) is 21.8. The third-order valence-electron chi connectivity index (χ3n) is 8.72. The SMILES string of the molecule is CC(C)C[C@H](NC(=O)[C@H](CCC(=O)O)NC(=O)[C@H](C)NC(=O)[C@H](C)NC(=O)[C@H](CCCCN)NC(=O)[C@@H](NC(=O)[C@H](C)NC(=O)[C@H](CC(=O)O)NC(=O)CN)[C@@H](C)O)C(=O)O. The Hall–Kier alpha value is -5.95. The number of aliphatic carboxylic acids is 3. The van der Waals surface area contributed by atoms with Gasteiger partial charge in [-0.15, -0.1) is 0 Å². The first-order valence-corrected chi connectivity index (χ1v) is 19.5. The number of nitrogens with one attached hydrogen (secondary N) is 8. The van der Waals surface area contributed by atoms with Gasteiger partial charge in [-0.25, -0.2) is 4.79 Å². The molecule has 0 aromatic heterocycles. The van der Waals surface area contributed by atoms with Crippen LogP contribution >= 0.6 is 0 Å². The number of unbranched alkanes of at least 4 members (excludes halogenated alkanes) is 1. The molecule has 9 atom stereocenters. The number of aliphatic hydroxyl groups is 1. The summed E-state index contributed by atoms with van der Waals surface area (Å²) in [5, 5.41) is 56.4. The molecule has 0 unspecified atom stereocenters. The molecular formula is C36H62N10O15. The first-order chi connectivity index (χ1) is 28.3. The van der Waals surface area contributed by atoms with E-state index in [0.717, 1.165) is 6.92 Å². The van der Waals surface area contributed by atoms with Gasteiger partial charge in [-0.3, -0.25) is 47.9 Å². The molecule has 0 radical (unpaired) electrons. The topological polar surface area (TPSA) is 417 Å². The van der Waals surface area contributed by atoms with Gasteiger partial charge in [0.2, 0.25) is 47.3 Å². The summed E-state index contributed by atoms with van der Waals surface area (Å²) in [4.78, 5) is 137. The highest BCUT2D eigenvalue weighted by molar-refractivity contribution is 5.98. The van der Waals surface area contributed by atoms with E-state index in [-0.39, 0.29) is 25.3 Å². The minimum Gasteiger partial charge on any atom is -0.481 e. The van der Waals surface area contributed by atoms with E-state index in [0.29, 0.717) is 12.8 Å². The molecule has 25 nitrogen and oxygen atoms in total. The number of carboxylic acid groups (broad SMARTS) is 3. The maximum absolute atomic E-state index is 13.4. The van der Waals surface area contributed by atoms with Gasteiger partial charge in [0.15, 0.2) is 0 Å². The molecule has 25 heteroatoms. The predicted molar refractivity (Wildman–Crippen MR) is 212 cm³/mol. The van der Waals surface area contributed by atoms with E-state index in [4.69, 9.17) is 21.7 Å². The Morgan fingerprint density at radius 1 is 0.492 bits per heavy atom. The Morgan fingerprint density at radius 2 is 0.934 bits per heavy atom. The molecule has 0 aromatic rings. The lowest BCUT2D eigenvalue weighted by Gasteiger charge is -2.27. The fourth-order valence-electron chi connectivity index (χ4n) is 5.31. The molecule has 61 heavy (non-hydrogen) atoms. The third-order valence-corrected chi connectivity index (χ3v) is 8.72. The number of carboxylic acids is 3. The van der Waals surface area contributed by atoms with E-state index >= 15 is 0 Å². The molecule has 8 amide bonds. The van der Waals surface area contributed by atoms with Gasteiger partial charge in [-0.1, -0.05) is 13.8 Å². The van der Waals surface area contributed by atoms with Crippen molar-refractivity contribution < 1.29 is 73.2 Å². The minimum atomic E-state index is -1.71. The van der Waals surface area contributed by atoms with Crippen molar-refractivity contribution in [1.29, 1.82) is 0 Å². The molecule has 0 aromatic carbocycles. The lowest BCUT2D eigenvalue weighted by atomic mass is 10.0. The molecule has 346 valence electrons. The maximum atomic E-state index is 13.4. The van der Waals surface area contributed by atoms with E-state index in [1.54, 1.807) is 13.8 Å². The molecule has 0 saturated heterocycles. The Labute approximate surface area is 352 Å². The largest absolute Gasteiger partial charge is 0.481 e. The van der Waals surface area contributed by atoms with Crippen LogP contribution in [0.2, 0.25) is 0 Å².